The fourth-order valence-corrected chi connectivity index (χ4v) is 3.35. The number of hydrogen-bond donors (Lipinski definition) is 1. The lowest BCUT2D eigenvalue weighted by atomic mass is 10.2. The van der Waals surface area contributed by atoms with Gasteiger partial charge >= 0.3 is 5.97 Å². The third-order valence-corrected chi connectivity index (χ3v) is 4.95. The van der Waals surface area contributed by atoms with Crippen LogP contribution in [0.5, 0.6) is 0 Å². The van der Waals surface area contributed by atoms with Crippen molar-refractivity contribution in [2.24, 2.45) is 0 Å². The Morgan fingerprint density at radius 3 is 2.76 bits per heavy atom. The summed E-state index contributed by atoms with van der Waals surface area (Å²) in [4.78, 5) is 43.0. The lowest BCUT2D eigenvalue weighted by Gasteiger charge is -2.13. The number of esters is 1. The maximum atomic E-state index is 12.7. The molecule has 0 spiro atoms. The van der Waals surface area contributed by atoms with Crippen LogP contribution in [0.15, 0.2) is 52.3 Å². The molecule has 0 aliphatic rings. The number of anilines is 1. The van der Waals surface area contributed by atoms with Crippen LogP contribution in [0.2, 0.25) is 0 Å². The number of amides is 1. The van der Waals surface area contributed by atoms with Gasteiger partial charge in [0, 0.05) is 22.5 Å². The third-order valence-electron chi connectivity index (χ3n) is 4.22. The Morgan fingerprint density at radius 2 is 2.03 bits per heavy atom. The van der Waals surface area contributed by atoms with Crippen molar-refractivity contribution < 1.29 is 14.3 Å². The number of fused-ring (bicyclic) bond motifs is 1. The summed E-state index contributed by atoms with van der Waals surface area (Å²) >= 11 is 1.58. The molecule has 1 amide bonds. The molecular weight excluding hydrogens is 390 g/mol. The van der Waals surface area contributed by atoms with E-state index in [0.717, 1.165) is 4.90 Å². The normalized spacial score (nSPS) is 10.7. The number of ether oxygens (including phenoxy) is 1. The molecule has 2 aromatic heterocycles. The Kier molecular flexibility index (Phi) is 6.33. The molecule has 150 valence electrons. The van der Waals surface area contributed by atoms with Crippen LogP contribution in [0, 0.1) is 6.92 Å². The molecular formula is C21H21N3O4S. The molecule has 0 atom stereocenters. The van der Waals surface area contributed by atoms with Crippen LogP contribution in [0.1, 0.15) is 23.0 Å². The van der Waals surface area contributed by atoms with Crippen LogP contribution in [-0.4, -0.2) is 34.3 Å². The molecule has 3 aromatic rings. The number of nitrogens with one attached hydrogen (secondary N) is 1. The van der Waals surface area contributed by atoms with E-state index in [4.69, 9.17) is 4.74 Å². The molecule has 1 N–H and O–H groups in total. The Morgan fingerprint density at radius 1 is 1.24 bits per heavy atom. The number of aromatic nitrogens is 2. The topological polar surface area (TPSA) is 90.3 Å². The summed E-state index contributed by atoms with van der Waals surface area (Å²) < 4.78 is 6.49. The molecule has 7 nitrogen and oxygen atoms in total. The van der Waals surface area contributed by atoms with E-state index in [1.807, 2.05) is 24.5 Å². The van der Waals surface area contributed by atoms with E-state index in [-0.39, 0.29) is 30.0 Å². The number of pyridine rings is 2. The van der Waals surface area contributed by atoms with E-state index < -0.39 is 11.4 Å². The van der Waals surface area contributed by atoms with Crippen LogP contribution in [0.3, 0.4) is 0 Å². The van der Waals surface area contributed by atoms with Gasteiger partial charge in [0.2, 0.25) is 11.3 Å². The third kappa shape index (κ3) is 4.65. The van der Waals surface area contributed by atoms with E-state index in [1.165, 1.54) is 10.8 Å². The van der Waals surface area contributed by atoms with Gasteiger partial charge in [-0.25, -0.2) is 9.78 Å². The van der Waals surface area contributed by atoms with Gasteiger partial charge < -0.3 is 14.6 Å². The lowest BCUT2D eigenvalue weighted by Crippen LogP contribution is -2.25. The monoisotopic (exact) mass is 411 g/mol. The maximum absolute atomic E-state index is 12.7. The Bertz CT molecular complexity index is 1140. The second-order valence-electron chi connectivity index (χ2n) is 6.32. The van der Waals surface area contributed by atoms with E-state index >= 15 is 0 Å². The molecule has 8 heteroatoms. The average molecular weight is 411 g/mol. The maximum Gasteiger partial charge on any atom is 0.343 e. The standard InChI is InChI=1S/C21H21N3O4S/c1-4-28-21(27)17-11-24(20-16(19(17)26)9-8-13(2)22-20)12-18(25)23-14-6-5-7-15(10-14)29-3/h5-11H,4,12H2,1-3H3,(H,23,25). The van der Waals surface area contributed by atoms with Crippen molar-refractivity contribution in [1.29, 1.82) is 0 Å². The molecule has 1 aromatic carbocycles. The number of carbonyl (C=O) groups excluding carboxylic acids is 2. The van der Waals surface area contributed by atoms with Crippen LogP contribution in [0.4, 0.5) is 5.69 Å². The van der Waals surface area contributed by atoms with Gasteiger partial charge in [0.15, 0.2) is 0 Å². The molecule has 0 aliphatic heterocycles. The second kappa shape index (κ2) is 8.91. The Labute approximate surface area is 172 Å². The van der Waals surface area contributed by atoms with Gasteiger partial charge in [-0.3, -0.25) is 9.59 Å². The summed E-state index contributed by atoms with van der Waals surface area (Å²) in [5.41, 5.74) is 1.12. The number of hydrogen-bond acceptors (Lipinski definition) is 6. The van der Waals surface area contributed by atoms with Crippen molar-refractivity contribution in [2.45, 2.75) is 25.3 Å². The van der Waals surface area contributed by atoms with Crippen molar-refractivity contribution in [3.8, 4) is 0 Å². The number of rotatable bonds is 6. The SMILES string of the molecule is CCOC(=O)c1cn(CC(=O)Nc2cccc(SC)c2)c2nc(C)ccc2c1=O. The molecule has 0 saturated carbocycles. The number of aryl methyl sites for hydroxylation is 1. The summed E-state index contributed by atoms with van der Waals surface area (Å²) in [6, 6.07) is 10.8. The highest BCUT2D eigenvalue weighted by Gasteiger charge is 2.18. The first kappa shape index (κ1) is 20.6. The number of thioether (sulfide) groups is 1. The van der Waals surface area contributed by atoms with Gasteiger partial charge in [-0.15, -0.1) is 11.8 Å². The minimum atomic E-state index is -0.721. The van der Waals surface area contributed by atoms with Crippen LogP contribution in [0.25, 0.3) is 11.0 Å². The van der Waals surface area contributed by atoms with Crippen LogP contribution < -0.4 is 10.7 Å². The van der Waals surface area contributed by atoms with Crippen LogP contribution >= 0.6 is 11.8 Å². The molecule has 0 saturated heterocycles. The van der Waals surface area contributed by atoms with Crippen LogP contribution in [-0.2, 0) is 16.1 Å². The first-order valence-electron chi connectivity index (χ1n) is 9.04. The quantitative estimate of drug-likeness (QED) is 0.495. The summed E-state index contributed by atoms with van der Waals surface area (Å²) in [6.45, 7) is 3.50. The zero-order valence-corrected chi connectivity index (χ0v) is 17.2. The fraction of sp³-hybridized carbons (Fsp3) is 0.238. The minimum absolute atomic E-state index is 0.108. The van der Waals surface area contributed by atoms with Gasteiger partial charge in [0.05, 0.1) is 12.0 Å². The molecule has 2 heterocycles. The predicted octanol–water partition coefficient (Wildman–Crippen LogP) is 3.24. The van der Waals surface area contributed by atoms with Crippen molar-refractivity contribution in [1.82, 2.24) is 9.55 Å². The van der Waals surface area contributed by atoms with Crippen molar-refractivity contribution in [3.05, 3.63) is 64.1 Å². The van der Waals surface area contributed by atoms with Gasteiger partial charge in [0.1, 0.15) is 17.8 Å². The molecule has 3 rings (SSSR count). The van der Waals surface area contributed by atoms with Gasteiger partial charge in [0.25, 0.3) is 0 Å². The van der Waals surface area contributed by atoms with E-state index in [9.17, 15) is 14.4 Å². The fourth-order valence-electron chi connectivity index (χ4n) is 2.89. The molecule has 0 unspecified atom stereocenters. The zero-order chi connectivity index (χ0) is 21.0. The van der Waals surface area contributed by atoms with Gasteiger partial charge in [-0.1, -0.05) is 6.07 Å². The van der Waals surface area contributed by atoms with Crippen molar-refractivity contribution in [2.75, 3.05) is 18.2 Å². The smallest absolute Gasteiger partial charge is 0.343 e. The molecule has 0 fully saturated rings. The van der Waals surface area contributed by atoms with Crippen molar-refractivity contribution in [3.63, 3.8) is 0 Å². The highest BCUT2D eigenvalue weighted by Crippen LogP contribution is 2.19. The first-order valence-corrected chi connectivity index (χ1v) is 10.3. The van der Waals surface area contributed by atoms with E-state index in [0.29, 0.717) is 17.0 Å². The average Bonchev–Trinajstić information content (AvgIpc) is 2.70. The first-order chi connectivity index (χ1) is 13.9. The molecule has 29 heavy (non-hydrogen) atoms. The number of benzene rings is 1. The highest BCUT2D eigenvalue weighted by atomic mass is 32.2. The molecule has 0 bridgehead atoms. The van der Waals surface area contributed by atoms with E-state index in [1.54, 1.807) is 43.8 Å². The summed E-state index contributed by atoms with van der Waals surface area (Å²) in [7, 11) is 0. The Balaban J connectivity index is 1.99. The number of carbonyl (C=O) groups is 2. The van der Waals surface area contributed by atoms with E-state index in [2.05, 4.69) is 10.3 Å². The molecule has 0 radical (unpaired) electrons. The Hall–Kier alpha value is -3.13. The van der Waals surface area contributed by atoms with Gasteiger partial charge in [-0.2, -0.15) is 0 Å². The summed E-state index contributed by atoms with van der Waals surface area (Å²) in [5.74, 6) is -1.02. The summed E-state index contributed by atoms with van der Waals surface area (Å²) in [5, 5.41) is 3.10. The molecule has 0 aliphatic carbocycles. The summed E-state index contributed by atoms with van der Waals surface area (Å²) in [6.07, 6.45) is 3.30. The highest BCUT2D eigenvalue weighted by molar-refractivity contribution is 7.98. The largest absolute Gasteiger partial charge is 0.462 e. The lowest BCUT2D eigenvalue weighted by molar-refractivity contribution is -0.116. The predicted molar refractivity (Wildman–Crippen MR) is 114 cm³/mol. The van der Waals surface area contributed by atoms with Gasteiger partial charge in [-0.05, 0) is 50.4 Å². The number of nitrogens with zero attached hydrogens (tertiary/aromatic N) is 2. The second-order valence-corrected chi connectivity index (χ2v) is 7.20. The minimum Gasteiger partial charge on any atom is -0.462 e. The van der Waals surface area contributed by atoms with Crippen molar-refractivity contribution >= 4 is 40.4 Å². The zero-order valence-electron chi connectivity index (χ0n) is 16.4.